The summed E-state index contributed by atoms with van der Waals surface area (Å²) in [6.45, 7) is 4.05. The Morgan fingerprint density at radius 2 is 1.79 bits per heavy atom. The fourth-order valence-corrected chi connectivity index (χ4v) is 6.05. The first kappa shape index (κ1) is 15.1. The average molecular weight is 391 g/mol. The van der Waals surface area contributed by atoms with Gasteiger partial charge in [0.2, 0.25) is 11.8 Å². The zero-order chi connectivity index (χ0) is 16.5. The van der Waals surface area contributed by atoms with Crippen LogP contribution in [0.15, 0.2) is 15.1 Å². The number of hydrogen-bond acceptors (Lipinski definition) is 4. The van der Waals surface area contributed by atoms with Gasteiger partial charge < -0.3 is 4.42 Å². The van der Waals surface area contributed by atoms with Crippen molar-refractivity contribution < 1.29 is 4.42 Å². The number of aromatic nitrogens is 4. The van der Waals surface area contributed by atoms with Gasteiger partial charge >= 0.3 is 0 Å². The molecule has 4 aliphatic rings. The van der Waals surface area contributed by atoms with Crippen molar-refractivity contribution in [3.63, 3.8) is 0 Å². The third-order valence-corrected chi connectivity index (χ3v) is 7.32. The minimum Gasteiger partial charge on any atom is -0.422 e. The largest absolute Gasteiger partial charge is 0.422 e. The highest BCUT2D eigenvalue weighted by molar-refractivity contribution is 9.10. The van der Waals surface area contributed by atoms with E-state index in [2.05, 4.69) is 38.1 Å². The van der Waals surface area contributed by atoms with Gasteiger partial charge in [0.1, 0.15) is 6.04 Å². The lowest BCUT2D eigenvalue weighted by Gasteiger charge is -2.55. The predicted molar refractivity (Wildman–Crippen MR) is 92.6 cm³/mol. The quantitative estimate of drug-likeness (QED) is 0.778. The van der Waals surface area contributed by atoms with Gasteiger partial charge in [-0.1, -0.05) is 0 Å². The van der Waals surface area contributed by atoms with Crippen LogP contribution in [0.2, 0.25) is 0 Å². The van der Waals surface area contributed by atoms with Crippen LogP contribution in [0.4, 0.5) is 0 Å². The summed E-state index contributed by atoms with van der Waals surface area (Å²) in [6, 6.07) is -0.0369. The van der Waals surface area contributed by atoms with Crippen LogP contribution in [0.1, 0.15) is 69.0 Å². The third-order valence-electron chi connectivity index (χ3n) is 6.54. The topological polar surface area (TPSA) is 56.7 Å². The Morgan fingerprint density at radius 1 is 1.17 bits per heavy atom. The first-order chi connectivity index (χ1) is 11.5. The SMILES string of the molecule is Cc1nn(C(C)c2nnc(C34CC5CC(CC(C5)C3)C4)o2)cc1Br. The van der Waals surface area contributed by atoms with E-state index in [1.807, 2.05) is 17.8 Å². The molecule has 2 aromatic rings. The van der Waals surface area contributed by atoms with Gasteiger partial charge in [0, 0.05) is 11.6 Å². The van der Waals surface area contributed by atoms with Crippen molar-refractivity contribution in [1.29, 1.82) is 0 Å². The summed E-state index contributed by atoms with van der Waals surface area (Å²) in [4.78, 5) is 0. The Morgan fingerprint density at radius 3 is 2.33 bits per heavy atom. The lowest BCUT2D eigenvalue weighted by molar-refractivity contribution is -0.0184. The Hall–Kier alpha value is -1.17. The van der Waals surface area contributed by atoms with Gasteiger partial charge in [-0.3, -0.25) is 4.68 Å². The Kier molecular flexibility index (Phi) is 3.25. The lowest BCUT2D eigenvalue weighted by atomic mass is 9.49. The molecule has 0 spiro atoms. The second kappa shape index (κ2) is 5.16. The maximum atomic E-state index is 6.24. The van der Waals surface area contributed by atoms with Crippen molar-refractivity contribution in [1.82, 2.24) is 20.0 Å². The van der Waals surface area contributed by atoms with Gasteiger partial charge in [-0.15, -0.1) is 10.2 Å². The van der Waals surface area contributed by atoms with Gasteiger partial charge in [0.15, 0.2) is 0 Å². The van der Waals surface area contributed by atoms with Crippen molar-refractivity contribution in [3.8, 4) is 0 Å². The normalized spacial score (nSPS) is 35.5. The van der Waals surface area contributed by atoms with Gasteiger partial charge in [-0.05, 0) is 86.1 Å². The van der Waals surface area contributed by atoms with E-state index in [4.69, 9.17) is 4.42 Å². The molecule has 0 radical (unpaired) electrons. The second-order valence-electron chi connectivity index (χ2n) is 8.36. The molecule has 0 N–H and O–H groups in total. The van der Waals surface area contributed by atoms with E-state index in [0.29, 0.717) is 5.89 Å². The monoisotopic (exact) mass is 390 g/mol. The van der Waals surface area contributed by atoms with Crippen LogP contribution in [-0.4, -0.2) is 20.0 Å². The van der Waals surface area contributed by atoms with Crippen molar-refractivity contribution in [2.75, 3.05) is 0 Å². The summed E-state index contributed by atoms with van der Waals surface area (Å²) in [6.07, 6.45) is 10.0. The van der Waals surface area contributed by atoms with Crippen LogP contribution >= 0.6 is 15.9 Å². The zero-order valence-electron chi connectivity index (χ0n) is 14.2. The lowest BCUT2D eigenvalue weighted by Crippen LogP contribution is -2.48. The van der Waals surface area contributed by atoms with E-state index in [1.165, 1.54) is 38.5 Å². The van der Waals surface area contributed by atoms with E-state index in [0.717, 1.165) is 33.8 Å². The molecule has 0 saturated heterocycles. The number of aryl methyl sites for hydroxylation is 1. The van der Waals surface area contributed by atoms with Crippen LogP contribution in [-0.2, 0) is 5.41 Å². The van der Waals surface area contributed by atoms with Crippen molar-refractivity contribution in [2.24, 2.45) is 17.8 Å². The summed E-state index contributed by atoms with van der Waals surface area (Å²) in [7, 11) is 0. The molecule has 6 rings (SSSR count). The van der Waals surface area contributed by atoms with Crippen molar-refractivity contribution in [2.45, 2.75) is 63.8 Å². The fourth-order valence-electron chi connectivity index (χ4n) is 5.76. The van der Waals surface area contributed by atoms with Crippen LogP contribution < -0.4 is 0 Å². The van der Waals surface area contributed by atoms with Crippen LogP contribution in [0.25, 0.3) is 0 Å². The highest BCUT2D eigenvalue weighted by Crippen LogP contribution is 2.60. The molecule has 5 nitrogen and oxygen atoms in total. The first-order valence-corrected chi connectivity index (χ1v) is 9.87. The molecule has 0 aliphatic heterocycles. The molecule has 128 valence electrons. The molecule has 4 fully saturated rings. The van der Waals surface area contributed by atoms with E-state index in [1.54, 1.807) is 0 Å². The van der Waals surface area contributed by atoms with Gasteiger partial charge in [-0.25, -0.2) is 0 Å². The van der Waals surface area contributed by atoms with E-state index in [9.17, 15) is 0 Å². The molecule has 4 bridgehead atoms. The highest BCUT2D eigenvalue weighted by atomic mass is 79.9. The molecule has 2 aromatic heterocycles. The van der Waals surface area contributed by atoms with Crippen molar-refractivity contribution >= 4 is 15.9 Å². The van der Waals surface area contributed by atoms with Crippen LogP contribution in [0, 0.1) is 24.7 Å². The molecular formula is C18H23BrN4O. The Labute approximate surface area is 150 Å². The highest BCUT2D eigenvalue weighted by Gasteiger charge is 2.54. The van der Waals surface area contributed by atoms with E-state index < -0.39 is 0 Å². The first-order valence-electron chi connectivity index (χ1n) is 9.07. The third kappa shape index (κ3) is 2.21. The predicted octanol–water partition coefficient (Wildman–Crippen LogP) is 4.41. The molecule has 2 heterocycles. The summed E-state index contributed by atoms with van der Waals surface area (Å²) < 4.78 is 9.14. The average Bonchev–Trinajstić information content (AvgIpc) is 3.14. The van der Waals surface area contributed by atoms with E-state index in [-0.39, 0.29) is 11.5 Å². The zero-order valence-corrected chi connectivity index (χ0v) is 15.8. The van der Waals surface area contributed by atoms with Crippen LogP contribution in [0.5, 0.6) is 0 Å². The van der Waals surface area contributed by atoms with Gasteiger partial charge in [-0.2, -0.15) is 5.10 Å². The van der Waals surface area contributed by atoms with Gasteiger partial charge in [0.25, 0.3) is 0 Å². The van der Waals surface area contributed by atoms with Crippen molar-refractivity contribution in [3.05, 3.63) is 28.1 Å². The van der Waals surface area contributed by atoms with Gasteiger partial charge in [0.05, 0.1) is 10.2 Å². The minimum absolute atomic E-state index is 0.0369. The number of halogens is 1. The molecule has 1 atom stereocenters. The number of hydrogen-bond donors (Lipinski definition) is 0. The van der Waals surface area contributed by atoms with E-state index >= 15 is 0 Å². The Balaban J connectivity index is 1.45. The summed E-state index contributed by atoms with van der Waals surface area (Å²) in [5.41, 5.74) is 1.14. The summed E-state index contributed by atoms with van der Waals surface area (Å²) >= 11 is 3.52. The second-order valence-corrected chi connectivity index (χ2v) is 9.22. The minimum atomic E-state index is -0.0369. The molecular weight excluding hydrogens is 368 g/mol. The molecule has 1 unspecified atom stereocenters. The Bertz CT molecular complexity index is 725. The summed E-state index contributed by atoms with van der Waals surface area (Å²) in [5.74, 6) is 4.22. The molecule has 24 heavy (non-hydrogen) atoms. The molecule has 4 saturated carbocycles. The maximum Gasteiger partial charge on any atom is 0.240 e. The standard InChI is InChI=1S/C18H23BrN4O/c1-10-15(19)9-23(22-10)11(2)16-20-21-17(24-16)18-6-12-3-13(7-18)5-14(4-12)8-18/h9,11-14H,3-8H2,1-2H3. The smallest absolute Gasteiger partial charge is 0.240 e. The molecule has 0 amide bonds. The molecule has 4 aliphatic carbocycles. The maximum absolute atomic E-state index is 6.24. The number of rotatable bonds is 3. The number of nitrogens with zero attached hydrogens (tertiary/aromatic N) is 4. The fraction of sp³-hybridized carbons (Fsp3) is 0.722. The molecule has 6 heteroatoms. The molecule has 0 aromatic carbocycles. The summed E-state index contributed by atoms with van der Waals surface area (Å²) in [5, 5.41) is 13.4. The van der Waals surface area contributed by atoms with Crippen LogP contribution in [0.3, 0.4) is 0 Å².